The van der Waals surface area contributed by atoms with Crippen LogP contribution < -0.4 is 5.32 Å². The molecule has 1 heterocycles. The molecule has 1 aromatic carbocycles. The highest BCUT2D eigenvalue weighted by Crippen LogP contribution is 2.25. The van der Waals surface area contributed by atoms with Crippen LogP contribution in [0.2, 0.25) is 0 Å². The van der Waals surface area contributed by atoms with Crippen LogP contribution in [0.3, 0.4) is 0 Å². The summed E-state index contributed by atoms with van der Waals surface area (Å²) in [6.07, 6.45) is 0.317. The van der Waals surface area contributed by atoms with Gasteiger partial charge in [-0.25, -0.2) is 4.79 Å². The average molecular weight is 270 g/mol. The second-order valence-electron chi connectivity index (χ2n) is 3.33. The molecule has 0 radical (unpaired) electrons. The number of nitrogens with one attached hydrogen (secondary N) is 1. The zero-order valence-electron chi connectivity index (χ0n) is 7.66. The number of amides is 1. The van der Waals surface area contributed by atoms with Crippen LogP contribution in [0.15, 0.2) is 22.7 Å². The molecular formula is C10H8BrNO3. The third-order valence-corrected chi connectivity index (χ3v) is 3.12. The van der Waals surface area contributed by atoms with Crippen LogP contribution in [0.4, 0.5) is 0 Å². The van der Waals surface area contributed by atoms with Crippen LogP contribution in [0.5, 0.6) is 0 Å². The van der Waals surface area contributed by atoms with E-state index >= 15 is 0 Å². The predicted octanol–water partition coefficient (Wildman–Crippen LogP) is 1.19. The topological polar surface area (TPSA) is 66.4 Å². The number of hydrogen-bond donors (Lipinski definition) is 2. The number of hydrogen-bond acceptors (Lipinski definition) is 2. The number of benzene rings is 1. The second-order valence-corrected chi connectivity index (χ2v) is 4.19. The van der Waals surface area contributed by atoms with Gasteiger partial charge in [0, 0.05) is 16.5 Å². The summed E-state index contributed by atoms with van der Waals surface area (Å²) in [5.41, 5.74) is 1.30. The van der Waals surface area contributed by atoms with Crippen molar-refractivity contribution in [3.05, 3.63) is 33.8 Å². The van der Waals surface area contributed by atoms with Crippen LogP contribution in [0, 0.1) is 0 Å². The van der Waals surface area contributed by atoms with Crippen molar-refractivity contribution in [2.75, 3.05) is 0 Å². The Bertz CT molecular complexity index is 444. The summed E-state index contributed by atoms with van der Waals surface area (Å²) in [7, 11) is 0. The normalized spacial score (nSPS) is 19.3. The molecular weight excluding hydrogens is 262 g/mol. The van der Waals surface area contributed by atoms with Crippen molar-refractivity contribution >= 4 is 27.8 Å². The summed E-state index contributed by atoms with van der Waals surface area (Å²) in [6.45, 7) is 0. The molecule has 0 fully saturated rings. The summed E-state index contributed by atoms with van der Waals surface area (Å²) in [6, 6.07) is 4.41. The largest absolute Gasteiger partial charge is 0.480 e. The minimum Gasteiger partial charge on any atom is -0.480 e. The number of carboxylic acids is 1. The van der Waals surface area contributed by atoms with Gasteiger partial charge in [0.25, 0.3) is 5.91 Å². The van der Waals surface area contributed by atoms with Gasteiger partial charge in [-0.2, -0.15) is 0 Å². The zero-order valence-corrected chi connectivity index (χ0v) is 9.24. The van der Waals surface area contributed by atoms with E-state index in [1.54, 1.807) is 18.2 Å². The molecule has 1 aliphatic heterocycles. The number of carbonyl (C=O) groups is 2. The monoisotopic (exact) mass is 269 g/mol. The molecule has 5 heteroatoms. The van der Waals surface area contributed by atoms with Crippen molar-refractivity contribution in [3.8, 4) is 0 Å². The Labute approximate surface area is 94.4 Å². The lowest BCUT2D eigenvalue weighted by molar-refractivity contribution is -0.139. The Hall–Kier alpha value is -1.36. The highest BCUT2D eigenvalue weighted by atomic mass is 79.9. The van der Waals surface area contributed by atoms with Crippen LogP contribution in [0.25, 0.3) is 0 Å². The van der Waals surface area contributed by atoms with Crippen molar-refractivity contribution in [1.82, 2.24) is 5.32 Å². The Morgan fingerprint density at radius 1 is 1.53 bits per heavy atom. The average Bonchev–Trinajstić information content (AvgIpc) is 2.19. The fourth-order valence-electron chi connectivity index (χ4n) is 1.62. The van der Waals surface area contributed by atoms with E-state index in [1.807, 2.05) is 0 Å². The van der Waals surface area contributed by atoms with E-state index in [2.05, 4.69) is 21.2 Å². The molecule has 1 atom stereocenters. The molecule has 4 nitrogen and oxygen atoms in total. The van der Waals surface area contributed by atoms with Gasteiger partial charge >= 0.3 is 5.97 Å². The number of fused-ring (bicyclic) bond motifs is 1. The number of halogens is 1. The van der Waals surface area contributed by atoms with Gasteiger partial charge in [-0.15, -0.1) is 0 Å². The summed E-state index contributed by atoms with van der Waals surface area (Å²) in [4.78, 5) is 22.3. The molecule has 2 N–H and O–H groups in total. The molecule has 0 aliphatic carbocycles. The lowest BCUT2D eigenvalue weighted by Crippen LogP contribution is -2.46. The number of aliphatic carboxylic acids is 1. The van der Waals surface area contributed by atoms with Crippen molar-refractivity contribution in [1.29, 1.82) is 0 Å². The van der Waals surface area contributed by atoms with Gasteiger partial charge in [0.15, 0.2) is 0 Å². The maximum absolute atomic E-state index is 11.6. The first-order chi connectivity index (χ1) is 7.09. The zero-order chi connectivity index (χ0) is 11.0. The second kappa shape index (κ2) is 3.66. The van der Waals surface area contributed by atoms with Gasteiger partial charge in [-0.05, 0) is 17.7 Å². The highest BCUT2D eigenvalue weighted by molar-refractivity contribution is 9.10. The first kappa shape index (κ1) is 10.2. The predicted molar refractivity (Wildman–Crippen MR) is 56.7 cm³/mol. The molecule has 0 spiro atoms. The van der Waals surface area contributed by atoms with E-state index in [4.69, 9.17) is 5.11 Å². The Balaban J connectivity index is 2.46. The fourth-order valence-corrected chi connectivity index (χ4v) is 2.15. The summed E-state index contributed by atoms with van der Waals surface area (Å²) in [5.74, 6) is -1.34. The van der Waals surface area contributed by atoms with Crippen LogP contribution in [-0.4, -0.2) is 23.0 Å². The molecule has 0 saturated carbocycles. The Morgan fingerprint density at radius 2 is 2.27 bits per heavy atom. The third kappa shape index (κ3) is 1.74. The standard InChI is InChI=1S/C10H8BrNO3/c11-7-3-1-2-5-6(7)4-8(10(14)15)12-9(5)13/h1-3,8H,4H2,(H,12,13)(H,14,15). The van der Waals surface area contributed by atoms with Gasteiger partial charge < -0.3 is 10.4 Å². The van der Waals surface area contributed by atoms with E-state index in [0.29, 0.717) is 12.0 Å². The lowest BCUT2D eigenvalue weighted by atomic mass is 9.95. The highest BCUT2D eigenvalue weighted by Gasteiger charge is 2.29. The van der Waals surface area contributed by atoms with Gasteiger partial charge in [0.2, 0.25) is 0 Å². The molecule has 1 aromatic rings. The van der Waals surface area contributed by atoms with E-state index in [9.17, 15) is 9.59 Å². The lowest BCUT2D eigenvalue weighted by Gasteiger charge is -2.23. The van der Waals surface area contributed by atoms with Crippen molar-refractivity contribution < 1.29 is 14.7 Å². The van der Waals surface area contributed by atoms with Crippen molar-refractivity contribution in [2.24, 2.45) is 0 Å². The van der Waals surface area contributed by atoms with Gasteiger partial charge in [-0.3, -0.25) is 4.79 Å². The molecule has 78 valence electrons. The SMILES string of the molecule is O=C1NC(C(=O)O)Cc2c(Br)cccc21. The number of carboxylic acid groups (broad SMARTS) is 1. The number of rotatable bonds is 1. The first-order valence-corrected chi connectivity index (χ1v) is 5.20. The minimum atomic E-state index is -1.01. The quantitative estimate of drug-likeness (QED) is 0.805. The van der Waals surface area contributed by atoms with Crippen molar-refractivity contribution in [3.63, 3.8) is 0 Å². The fraction of sp³-hybridized carbons (Fsp3) is 0.200. The van der Waals surface area contributed by atoms with E-state index in [1.165, 1.54) is 0 Å². The van der Waals surface area contributed by atoms with Gasteiger partial charge in [0.05, 0.1) is 0 Å². The molecule has 1 aliphatic rings. The molecule has 0 bridgehead atoms. The maximum Gasteiger partial charge on any atom is 0.326 e. The Kier molecular flexibility index (Phi) is 2.48. The maximum atomic E-state index is 11.6. The van der Waals surface area contributed by atoms with Crippen LogP contribution in [-0.2, 0) is 11.2 Å². The van der Waals surface area contributed by atoms with Gasteiger partial charge in [-0.1, -0.05) is 22.0 Å². The third-order valence-electron chi connectivity index (χ3n) is 2.38. The van der Waals surface area contributed by atoms with E-state index in [-0.39, 0.29) is 5.91 Å². The molecule has 1 amide bonds. The van der Waals surface area contributed by atoms with Crippen molar-refractivity contribution in [2.45, 2.75) is 12.5 Å². The smallest absolute Gasteiger partial charge is 0.326 e. The molecule has 0 saturated heterocycles. The Morgan fingerprint density at radius 3 is 2.93 bits per heavy atom. The van der Waals surface area contributed by atoms with Crippen LogP contribution in [0.1, 0.15) is 15.9 Å². The number of carbonyl (C=O) groups excluding carboxylic acids is 1. The summed E-state index contributed by atoms with van der Waals surface area (Å²) >= 11 is 3.31. The molecule has 15 heavy (non-hydrogen) atoms. The molecule has 1 unspecified atom stereocenters. The van der Waals surface area contributed by atoms with Gasteiger partial charge in [0.1, 0.15) is 6.04 Å². The molecule has 2 rings (SSSR count). The first-order valence-electron chi connectivity index (χ1n) is 4.40. The molecule has 0 aromatic heterocycles. The van der Waals surface area contributed by atoms with E-state index in [0.717, 1.165) is 10.0 Å². The van der Waals surface area contributed by atoms with E-state index < -0.39 is 12.0 Å². The summed E-state index contributed by atoms with van der Waals surface area (Å²) in [5, 5.41) is 11.3. The summed E-state index contributed by atoms with van der Waals surface area (Å²) < 4.78 is 0.779. The van der Waals surface area contributed by atoms with Crippen LogP contribution >= 0.6 is 15.9 Å². The minimum absolute atomic E-state index is 0.317.